The molecule has 0 aromatic heterocycles. The molecule has 0 aliphatic rings. The fourth-order valence-electron chi connectivity index (χ4n) is 1.40. The highest BCUT2D eigenvalue weighted by atomic mass is 19.3. The van der Waals surface area contributed by atoms with Gasteiger partial charge in [-0.2, -0.15) is 8.78 Å². The van der Waals surface area contributed by atoms with Gasteiger partial charge in [-0.3, -0.25) is 4.79 Å². The quantitative estimate of drug-likeness (QED) is 0.851. The third kappa shape index (κ3) is 5.12. The van der Waals surface area contributed by atoms with E-state index in [1.165, 1.54) is 12.1 Å². The summed E-state index contributed by atoms with van der Waals surface area (Å²) in [6.07, 6.45) is 1.10. The summed E-state index contributed by atoms with van der Waals surface area (Å²) in [7, 11) is 0. The molecule has 0 aliphatic carbocycles. The van der Waals surface area contributed by atoms with Crippen molar-refractivity contribution in [2.24, 2.45) is 0 Å². The van der Waals surface area contributed by atoms with E-state index >= 15 is 0 Å². The van der Waals surface area contributed by atoms with E-state index in [0.29, 0.717) is 0 Å². The molecule has 0 spiro atoms. The molecule has 100 valence electrons. The summed E-state index contributed by atoms with van der Waals surface area (Å²) in [5.74, 6) is 0.0166. The average molecular weight is 257 g/mol. The number of amides is 1. The summed E-state index contributed by atoms with van der Waals surface area (Å²) in [6.45, 7) is 1.09. The van der Waals surface area contributed by atoms with Crippen molar-refractivity contribution in [2.45, 2.75) is 39.3 Å². The van der Waals surface area contributed by atoms with Gasteiger partial charge < -0.3 is 10.1 Å². The van der Waals surface area contributed by atoms with Gasteiger partial charge in [-0.25, -0.2) is 0 Å². The van der Waals surface area contributed by atoms with Crippen LogP contribution in [0, 0.1) is 0 Å². The largest absolute Gasteiger partial charge is 0.435 e. The Balaban J connectivity index is 2.50. The van der Waals surface area contributed by atoms with Crippen LogP contribution in [0.25, 0.3) is 0 Å². The van der Waals surface area contributed by atoms with Crippen molar-refractivity contribution in [3.8, 4) is 5.75 Å². The highest BCUT2D eigenvalue weighted by molar-refractivity contribution is 5.78. The molecule has 1 aromatic carbocycles. The summed E-state index contributed by atoms with van der Waals surface area (Å²) in [4.78, 5) is 11.6. The number of rotatable bonds is 6. The number of nitrogens with one attached hydrogen (secondary N) is 1. The molecule has 0 aliphatic heterocycles. The van der Waals surface area contributed by atoms with Crippen molar-refractivity contribution in [1.82, 2.24) is 5.32 Å². The van der Waals surface area contributed by atoms with Gasteiger partial charge in [0, 0.05) is 6.04 Å². The Bertz CT molecular complexity index is 379. The minimum absolute atomic E-state index is 0.0770. The molecule has 1 aromatic rings. The van der Waals surface area contributed by atoms with Gasteiger partial charge in [0.15, 0.2) is 0 Å². The number of benzene rings is 1. The number of hydrogen-bond acceptors (Lipinski definition) is 2. The zero-order chi connectivity index (χ0) is 13.5. The van der Waals surface area contributed by atoms with Crippen LogP contribution >= 0.6 is 0 Å². The first-order valence-corrected chi connectivity index (χ1v) is 5.84. The molecule has 3 nitrogen and oxygen atoms in total. The Morgan fingerprint density at radius 3 is 2.44 bits per heavy atom. The predicted octanol–water partition coefficient (Wildman–Crippen LogP) is 2.75. The van der Waals surface area contributed by atoms with E-state index in [0.717, 1.165) is 12.0 Å². The molecule has 18 heavy (non-hydrogen) atoms. The maximum Gasteiger partial charge on any atom is 0.387 e. The van der Waals surface area contributed by atoms with E-state index < -0.39 is 6.61 Å². The Kier molecular flexibility index (Phi) is 5.55. The molecular formula is C13H17F2NO2. The zero-order valence-corrected chi connectivity index (χ0v) is 10.5. The summed E-state index contributed by atoms with van der Waals surface area (Å²) < 4.78 is 28.1. The van der Waals surface area contributed by atoms with Gasteiger partial charge in [0.05, 0.1) is 6.42 Å². The maximum absolute atomic E-state index is 11.9. The minimum Gasteiger partial charge on any atom is -0.435 e. The van der Waals surface area contributed by atoms with E-state index in [-0.39, 0.29) is 24.1 Å². The summed E-state index contributed by atoms with van der Waals surface area (Å²) in [5.41, 5.74) is 0.761. The highest BCUT2D eigenvalue weighted by Crippen LogP contribution is 2.15. The van der Waals surface area contributed by atoms with Gasteiger partial charge >= 0.3 is 6.61 Å². The van der Waals surface area contributed by atoms with Gasteiger partial charge in [-0.15, -0.1) is 0 Å². The van der Waals surface area contributed by atoms with E-state index in [4.69, 9.17) is 0 Å². The highest BCUT2D eigenvalue weighted by Gasteiger charge is 2.08. The molecule has 0 saturated carbocycles. The summed E-state index contributed by atoms with van der Waals surface area (Å²) in [6, 6.07) is 6.21. The van der Waals surface area contributed by atoms with Crippen molar-refractivity contribution in [3.05, 3.63) is 29.8 Å². The fourth-order valence-corrected chi connectivity index (χ4v) is 1.40. The summed E-state index contributed by atoms with van der Waals surface area (Å²) >= 11 is 0. The number of hydrogen-bond donors (Lipinski definition) is 1. The van der Waals surface area contributed by atoms with Gasteiger partial charge in [0.25, 0.3) is 0 Å². The third-order valence-corrected chi connectivity index (χ3v) is 2.53. The first-order chi connectivity index (χ1) is 8.51. The van der Waals surface area contributed by atoms with Gasteiger partial charge in [-0.1, -0.05) is 19.1 Å². The second-order valence-corrected chi connectivity index (χ2v) is 4.08. The molecule has 1 rings (SSSR count). The van der Waals surface area contributed by atoms with Crippen molar-refractivity contribution in [2.75, 3.05) is 0 Å². The minimum atomic E-state index is -2.83. The Labute approximate surface area is 105 Å². The van der Waals surface area contributed by atoms with Crippen molar-refractivity contribution in [3.63, 3.8) is 0 Å². The molecule has 1 amide bonds. The fraction of sp³-hybridized carbons (Fsp3) is 0.462. The first-order valence-electron chi connectivity index (χ1n) is 5.84. The van der Waals surface area contributed by atoms with Gasteiger partial charge in [0.1, 0.15) is 5.75 Å². The van der Waals surface area contributed by atoms with Crippen LogP contribution in [-0.2, 0) is 11.2 Å². The van der Waals surface area contributed by atoms with E-state index in [2.05, 4.69) is 10.1 Å². The van der Waals surface area contributed by atoms with Crippen LogP contribution < -0.4 is 10.1 Å². The Hall–Kier alpha value is -1.65. The van der Waals surface area contributed by atoms with Crippen LogP contribution in [0.5, 0.6) is 5.75 Å². The second kappa shape index (κ2) is 6.93. The van der Waals surface area contributed by atoms with E-state index in [9.17, 15) is 13.6 Å². The van der Waals surface area contributed by atoms with Crippen LogP contribution in [0.15, 0.2) is 24.3 Å². The van der Waals surface area contributed by atoms with Crippen LogP contribution in [-0.4, -0.2) is 18.6 Å². The Morgan fingerprint density at radius 2 is 1.94 bits per heavy atom. The molecule has 1 unspecified atom stereocenters. The number of carbonyl (C=O) groups is 1. The molecular weight excluding hydrogens is 240 g/mol. The molecule has 1 N–H and O–H groups in total. The van der Waals surface area contributed by atoms with E-state index in [1.807, 2.05) is 13.8 Å². The first kappa shape index (κ1) is 14.4. The van der Waals surface area contributed by atoms with Crippen LogP contribution in [0.2, 0.25) is 0 Å². The molecule has 0 heterocycles. The number of halogens is 2. The van der Waals surface area contributed by atoms with E-state index in [1.54, 1.807) is 12.1 Å². The maximum atomic E-state index is 11.9. The van der Waals surface area contributed by atoms with Crippen LogP contribution in [0.1, 0.15) is 25.8 Å². The molecule has 0 bridgehead atoms. The number of ether oxygens (including phenoxy) is 1. The summed E-state index contributed by atoms with van der Waals surface area (Å²) in [5, 5.41) is 2.83. The van der Waals surface area contributed by atoms with Crippen LogP contribution in [0.4, 0.5) is 8.78 Å². The Morgan fingerprint density at radius 1 is 1.33 bits per heavy atom. The molecule has 0 saturated heterocycles. The monoisotopic (exact) mass is 257 g/mol. The lowest BCUT2D eigenvalue weighted by atomic mass is 10.1. The van der Waals surface area contributed by atoms with Gasteiger partial charge in [-0.05, 0) is 31.0 Å². The van der Waals surface area contributed by atoms with Gasteiger partial charge in [0.2, 0.25) is 5.91 Å². The lowest BCUT2D eigenvalue weighted by Crippen LogP contribution is -2.33. The van der Waals surface area contributed by atoms with Crippen molar-refractivity contribution >= 4 is 5.91 Å². The predicted molar refractivity (Wildman–Crippen MR) is 64.7 cm³/mol. The normalized spacial score (nSPS) is 12.3. The SMILES string of the molecule is CCC(C)NC(=O)Cc1ccc(OC(F)F)cc1. The lowest BCUT2D eigenvalue weighted by molar-refractivity contribution is -0.121. The van der Waals surface area contributed by atoms with Crippen LogP contribution in [0.3, 0.4) is 0 Å². The van der Waals surface area contributed by atoms with Crippen molar-refractivity contribution < 1.29 is 18.3 Å². The molecule has 0 fully saturated rings. The number of carbonyl (C=O) groups excluding carboxylic acids is 1. The third-order valence-electron chi connectivity index (χ3n) is 2.53. The topological polar surface area (TPSA) is 38.3 Å². The smallest absolute Gasteiger partial charge is 0.387 e. The standard InChI is InChI=1S/C13H17F2NO2/c1-3-9(2)16-12(17)8-10-4-6-11(7-5-10)18-13(14)15/h4-7,9,13H,3,8H2,1-2H3,(H,16,17). The number of alkyl halides is 2. The molecule has 0 radical (unpaired) electrons. The molecule has 5 heteroatoms. The lowest BCUT2D eigenvalue weighted by Gasteiger charge is -2.11. The average Bonchev–Trinajstić information content (AvgIpc) is 2.30. The second-order valence-electron chi connectivity index (χ2n) is 4.08. The van der Waals surface area contributed by atoms with Crippen molar-refractivity contribution in [1.29, 1.82) is 0 Å². The molecule has 1 atom stereocenters. The zero-order valence-electron chi connectivity index (χ0n) is 10.5.